The topological polar surface area (TPSA) is 83.0 Å². The van der Waals surface area contributed by atoms with E-state index in [2.05, 4.69) is 103 Å². The molecule has 62 heavy (non-hydrogen) atoms. The SMILES string of the molecule is Cc1cc2c(cc1Cc1ccc(C(=O)N3CCN(CCN(Cc4ccccn4)C(=O)c4ccc(Cc5cc6c(cc5C)C(C)(C)CCC6(C)C)o4)CC3)o1)C(C)(C)CCC2(C)C. The van der Waals surface area contributed by atoms with Crippen LogP contribution in [0.4, 0.5) is 0 Å². The number of hydrogen-bond donors (Lipinski definition) is 0. The van der Waals surface area contributed by atoms with E-state index in [0.29, 0.717) is 70.2 Å². The van der Waals surface area contributed by atoms with E-state index in [1.807, 2.05) is 52.3 Å². The van der Waals surface area contributed by atoms with Crippen molar-refractivity contribution in [3.05, 3.63) is 146 Å². The molecule has 2 aliphatic carbocycles. The van der Waals surface area contributed by atoms with Crippen LogP contribution in [-0.2, 0) is 41.0 Å². The molecular weight excluding hydrogens is 769 g/mol. The molecule has 0 spiro atoms. The van der Waals surface area contributed by atoms with Crippen LogP contribution in [0.1, 0.15) is 164 Å². The third-order valence-electron chi connectivity index (χ3n) is 14.8. The molecule has 3 aromatic heterocycles. The summed E-state index contributed by atoms with van der Waals surface area (Å²) in [6.45, 7) is 27.4. The number of carbonyl (C=O) groups is 2. The van der Waals surface area contributed by atoms with E-state index in [1.165, 1.54) is 63.8 Å². The van der Waals surface area contributed by atoms with Crippen molar-refractivity contribution in [3.63, 3.8) is 0 Å². The number of carbonyl (C=O) groups excluding carboxylic acids is 2. The molecule has 2 aromatic carbocycles. The second-order valence-corrected chi connectivity index (χ2v) is 21.3. The van der Waals surface area contributed by atoms with E-state index < -0.39 is 0 Å². The number of aryl methyl sites for hydroxylation is 2. The lowest BCUT2D eigenvalue weighted by Crippen LogP contribution is -2.50. The number of benzene rings is 2. The molecule has 2 amide bonds. The molecule has 3 aliphatic rings. The number of nitrogens with zero attached hydrogens (tertiary/aromatic N) is 4. The summed E-state index contributed by atoms with van der Waals surface area (Å²) in [5.41, 5.74) is 12.2. The Kier molecular flexibility index (Phi) is 11.7. The van der Waals surface area contributed by atoms with Crippen LogP contribution in [0.2, 0.25) is 0 Å². The maximum atomic E-state index is 14.2. The van der Waals surface area contributed by atoms with Crippen molar-refractivity contribution in [3.8, 4) is 0 Å². The van der Waals surface area contributed by atoms with Crippen molar-refractivity contribution in [2.45, 2.75) is 136 Å². The molecule has 5 aromatic rings. The predicted molar refractivity (Wildman–Crippen MR) is 247 cm³/mol. The van der Waals surface area contributed by atoms with Crippen LogP contribution in [0.25, 0.3) is 0 Å². The van der Waals surface area contributed by atoms with Crippen molar-refractivity contribution in [1.29, 1.82) is 0 Å². The minimum Gasteiger partial charge on any atom is -0.456 e. The fourth-order valence-corrected chi connectivity index (χ4v) is 10.2. The van der Waals surface area contributed by atoms with Crippen molar-refractivity contribution >= 4 is 11.8 Å². The summed E-state index contributed by atoms with van der Waals surface area (Å²) in [4.78, 5) is 38.5. The Morgan fingerprint density at radius 2 is 1.11 bits per heavy atom. The Balaban J connectivity index is 0.890. The minimum absolute atomic E-state index is 0.0698. The van der Waals surface area contributed by atoms with E-state index in [1.54, 1.807) is 6.20 Å². The molecule has 4 heterocycles. The third-order valence-corrected chi connectivity index (χ3v) is 14.8. The monoisotopic (exact) mass is 837 g/mol. The highest BCUT2D eigenvalue weighted by atomic mass is 16.4. The number of hydrogen-bond acceptors (Lipinski definition) is 6. The first-order valence-corrected chi connectivity index (χ1v) is 23.0. The molecule has 1 aliphatic heterocycles. The molecule has 0 saturated carbocycles. The summed E-state index contributed by atoms with van der Waals surface area (Å²) >= 11 is 0. The molecule has 0 bridgehead atoms. The molecule has 8 heteroatoms. The number of aromatic nitrogens is 1. The summed E-state index contributed by atoms with van der Waals surface area (Å²) in [7, 11) is 0. The number of pyridine rings is 1. The average Bonchev–Trinajstić information content (AvgIpc) is 3.91. The Hall–Kier alpha value is -4.95. The van der Waals surface area contributed by atoms with E-state index in [0.717, 1.165) is 23.6 Å². The van der Waals surface area contributed by atoms with Crippen LogP contribution in [0.3, 0.4) is 0 Å². The molecule has 1 fully saturated rings. The number of rotatable bonds is 11. The van der Waals surface area contributed by atoms with Crippen LogP contribution in [-0.4, -0.2) is 70.8 Å². The Morgan fingerprint density at radius 1 is 0.629 bits per heavy atom. The molecule has 1 saturated heterocycles. The van der Waals surface area contributed by atoms with Crippen LogP contribution < -0.4 is 0 Å². The van der Waals surface area contributed by atoms with Gasteiger partial charge in [-0.15, -0.1) is 0 Å². The van der Waals surface area contributed by atoms with E-state index in [4.69, 9.17) is 8.83 Å². The van der Waals surface area contributed by atoms with Gasteiger partial charge in [-0.05, 0) is 142 Å². The highest BCUT2D eigenvalue weighted by molar-refractivity contribution is 5.92. The van der Waals surface area contributed by atoms with Gasteiger partial charge in [-0.1, -0.05) is 85.7 Å². The molecule has 0 unspecified atom stereocenters. The van der Waals surface area contributed by atoms with Crippen LogP contribution in [0, 0.1) is 13.8 Å². The van der Waals surface area contributed by atoms with Gasteiger partial charge >= 0.3 is 0 Å². The smallest absolute Gasteiger partial charge is 0.289 e. The zero-order valence-corrected chi connectivity index (χ0v) is 39.0. The van der Waals surface area contributed by atoms with Crippen molar-refractivity contribution in [2.24, 2.45) is 0 Å². The first-order valence-electron chi connectivity index (χ1n) is 23.0. The normalized spacial score (nSPS) is 18.8. The van der Waals surface area contributed by atoms with Crippen LogP contribution in [0.15, 0.2) is 81.8 Å². The summed E-state index contributed by atoms with van der Waals surface area (Å²) in [5.74, 6) is 2.12. The minimum atomic E-state index is -0.146. The fraction of sp³-hybridized carbons (Fsp3) is 0.500. The summed E-state index contributed by atoms with van der Waals surface area (Å²) in [6, 6.07) is 22.9. The lowest BCUT2D eigenvalue weighted by molar-refractivity contribution is 0.0565. The maximum Gasteiger partial charge on any atom is 0.289 e. The number of fused-ring (bicyclic) bond motifs is 2. The Labute approximate surface area is 370 Å². The molecule has 0 radical (unpaired) electrons. The molecule has 328 valence electrons. The molecule has 8 nitrogen and oxygen atoms in total. The maximum absolute atomic E-state index is 14.2. The van der Waals surface area contributed by atoms with E-state index >= 15 is 0 Å². The number of furan rings is 2. The lowest BCUT2D eigenvalue weighted by Gasteiger charge is -2.42. The van der Waals surface area contributed by atoms with Crippen molar-refractivity contribution in [1.82, 2.24) is 19.7 Å². The lowest BCUT2D eigenvalue weighted by atomic mass is 9.62. The summed E-state index contributed by atoms with van der Waals surface area (Å²) in [6.07, 6.45) is 7.77. The van der Waals surface area contributed by atoms with Gasteiger partial charge < -0.3 is 18.6 Å². The zero-order valence-electron chi connectivity index (χ0n) is 39.0. The van der Waals surface area contributed by atoms with Gasteiger partial charge in [0.15, 0.2) is 11.5 Å². The van der Waals surface area contributed by atoms with E-state index in [9.17, 15) is 9.59 Å². The van der Waals surface area contributed by atoms with Crippen molar-refractivity contribution < 1.29 is 18.4 Å². The average molecular weight is 837 g/mol. The first kappa shape index (κ1) is 43.7. The van der Waals surface area contributed by atoms with Crippen LogP contribution >= 0.6 is 0 Å². The predicted octanol–water partition coefficient (Wildman–Crippen LogP) is 10.9. The highest BCUT2D eigenvalue weighted by Crippen LogP contribution is 2.48. The number of piperazine rings is 1. The van der Waals surface area contributed by atoms with Gasteiger partial charge in [-0.2, -0.15) is 0 Å². The number of amides is 2. The summed E-state index contributed by atoms with van der Waals surface area (Å²) < 4.78 is 12.6. The quantitative estimate of drug-likeness (QED) is 0.132. The zero-order chi connectivity index (χ0) is 44.2. The molecule has 0 N–H and O–H groups in total. The third kappa shape index (κ3) is 8.95. The van der Waals surface area contributed by atoms with Gasteiger partial charge in [0, 0.05) is 58.3 Å². The van der Waals surface area contributed by atoms with Crippen LogP contribution in [0.5, 0.6) is 0 Å². The Bertz CT molecular complexity index is 2440. The van der Waals surface area contributed by atoms with Gasteiger partial charge in [0.1, 0.15) is 11.5 Å². The van der Waals surface area contributed by atoms with Gasteiger partial charge in [0.2, 0.25) is 0 Å². The Morgan fingerprint density at radius 3 is 1.61 bits per heavy atom. The van der Waals surface area contributed by atoms with Gasteiger partial charge in [-0.3, -0.25) is 19.5 Å². The second-order valence-electron chi connectivity index (χ2n) is 21.3. The van der Waals surface area contributed by atoms with Crippen molar-refractivity contribution in [2.75, 3.05) is 39.3 Å². The van der Waals surface area contributed by atoms with Gasteiger partial charge in [-0.25, -0.2) is 0 Å². The fourth-order valence-electron chi connectivity index (χ4n) is 10.2. The first-order chi connectivity index (χ1) is 29.3. The standard InChI is InChI=1S/C54H68N4O4/c1-36-29-43-45(53(7,8)20-18-51(43,3)4)33-38(36)31-41-14-16-47(61-41)49(59)57-26-23-56(24-27-57)25-28-58(35-40-13-11-12-22-55-40)50(60)48-17-15-42(62-48)32-39-34-46-44(30-37(39)2)52(5,6)19-21-54(46,9)10/h11-17,22,29-30,33-34H,18-21,23-28,31-32,35H2,1-10H3. The second kappa shape index (κ2) is 16.6. The molecular formula is C54H68N4O4. The molecule has 0 atom stereocenters. The van der Waals surface area contributed by atoms with E-state index in [-0.39, 0.29) is 33.5 Å². The summed E-state index contributed by atoms with van der Waals surface area (Å²) in [5, 5.41) is 0. The van der Waals surface area contributed by atoms with Gasteiger partial charge in [0.25, 0.3) is 11.8 Å². The van der Waals surface area contributed by atoms with Gasteiger partial charge in [0.05, 0.1) is 12.2 Å². The molecule has 8 rings (SSSR count). The largest absolute Gasteiger partial charge is 0.456 e. The highest BCUT2D eigenvalue weighted by Gasteiger charge is 2.39.